The van der Waals surface area contributed by atoms with Gasteiger partial charge in [0, 0.05) is 18.9 Å². The van der Waals surface area contributed by atoms with Gasteiger partial charge in [-0.05, 0) is 36.2 Å². The van der Waals surface area contributed by atoms with Crippen LogP contribution >= 0.6 is 0 Å². The van der Waals surface area contributed by atoms with Crippen molar-refractivity contribution in [3.63, 3.8) is 0 Å². The largest absolute Gasteiger partial charge is 0.490 e. The van der Waals surface area contributed by atoms with Crippen molar-refractivity contribution in [3.05, 3.63) is 63.8 Å². The molecule has 0 spiro atoms. The van der Waals surface area contributed by atoms with Crippen molar-refractivity contribution < 1.29 is 22.9 Å². The molecule has 10 heteroatoms. The van der Waals surface area contributed by atoms with E-state index in [2.05, 4.69) is 9.71 Å². The Hall–Kier alpha value is -3.24. The van der Waals surface area contributed by atoms with E-state index >= 15 is 0 Å². The second-order valence-corrected chi connectivity index (χ2v) is 8.06. The Balaban J connectivity index is 1.97. The molecule has 0 aliphatic carbocycles. The number of nitro benzene ring substituents is 1. The minimum absolute atomic E-state index is 0.0181. The standard InChI is InChI=1S/C19H19N3O6S/c1-12(23)17-15(10-11-20-29(26,27)13-6-4-3-5-7-13)14-8-9-16(28-2)19(22(24)25)18(14)21-17/h3-9,20-21H,10-11H2,1-2H3. The lowest BCUT2D eigenvalue weighted by atomic mass is 10.0. The monoisotopic (exact) mass is 417 g/mol. The van der Waals surface area contributed by atoms with Gasteiger partial charge < -0.3 is 9.72 Å². The zero-order chi connectivity index (χ0) is 21.2. The predicted molar refractivity (Wildman–Crippen MR) is 107 cm³/mol. The second-order valence-electron chi connectivity index (χ2n) is 6.29. The van der Waals surface area contributed by atoms with Gasteiger partial charge in [-0.3, -0.25) is 14.9 Å². The Morgan fingerprint density at radius 2 is 1.90 bits per heavy atom. The number of fused-ring (bicyclic) bond motifs is 1. The van der Waals surface area contributed by atoms with Crippen LogP contribution in [0.15, 0.2) is 47.4 Å². The average Bonchev–Trinajstić information content (AvgIpc) is 3.06. The maximum atomic E-state index is 12.4. The van der Waals surface area contributed by atoms with Crippen molar-refractivity contribution >= 4 is 32.4 Å². The van der Waals surface area contributed by atoms with E-state index < -0.39 is 14.9 Å². The van der Waals surface area contributed by atoms with E-state index in [0.717, 1.165) is 0 Å². The number of Topliss-reactive ketones (excluding diaryl/α,β-unsaturated/α-hetero) is 1. The van der Waals surface area contributed by atoms with Crippen LogP contribution in [0, 0.1) is 10.1 Å². The minimum Gasteiger partial charge on any atom is -0.490 e. The maximum absolute atomic E-state index is 12.4. The normalized spacial score (nSPS) is 11.5. The Bertz CT molecular complexity index is 1190. The Morgan fingerprint density at radius 1 is 1.21 bits per heavy atom. The molecule has 0 aliphatic rings. The average molecular weight is 417 g/mol. The highest BCUT2D eigenvalue weighted by Crippen LogP contribution is 2.37. The number of H-pyrrole nitrogens is 1. The third-order valence-corrected chi connectivity index (χ3v) is 5.97. The number of rotatable bonds is 8. The number of sulfonamides is 1. The lowest BCUT2D eigenvalue weighted by molar-refractivity contribution is -0.384. The number of hydrogen-bond donors (Lipinski definition) is 2. The van der Waals surface area contributed by atoms with E-state index in [0.29, 0.717) is 10.9 Å². The SMILES string of the molecule is COc1ccc2c(CCNS(=O)(=O)c3ccccc3)c(C(C)=O)[nH]c2c1[N+](=O)[O-]. The summed E-state index contributed by atoms with van der Waals surface area (Å²) in [6.45, 7) is 1.36. The summed E-state index contributed by atoms with van der Waals surface area (Å²) in [4.78, 5) is 26.0. The number of aromatic amines is 1. The van der Waals surface area contributed by atoms with Crippen LogP contribution in [0.5, 0.6) is 5.75 Å². The number of aromatic nitrogens is 1. The first-order valence-corrected chi connectivity index (χ1v) is 10.2. The van der Waals surface area contributed by atoms with Gasteiger partial charge in [0.2, 0.25) is 10.0 Å². The third kappa shape index (κ3) is 3.98. The van der Waals surface area contributed by atoms with Gasteiger partial charge in [-0.15, -0.1) is 0 Å². The van der Waals surface area contributed by atoms with Crippen molar-refractivity contribution in [1.29, 1.82) is 0 Å². The fourth-order valence-electron chi connectivity index (χ4n) is 3.18. The number of nitrogens with one attached hydrogen (secondary N) is 2. The lowest BCUT2D eigenvalue weighted by Crippen LogP contribution is -2.26. The molecule has 0 saturated heterocycles. The van der Waals surface area contributed by atoms with Gasteiger partial charge in [0.05, 0.1) is 22.6 Å². The summed E-state index contributed by atoms with van der Waals surface area (Å²) in [6.07, 6.45) is 0.171. The molecule has 2 aromatic carbocycles. The van der Waals surface area contributed by atoms with Crippen LogP contribution in [0.3, 0.4) is 0 Å². The number of methoxy groups -OCH3 is 1. The number of nitrogens with zero attached hydrogens (tertiary/aromatic N) is 1. The number of benzene rings is 2. The van der Waals surface area contributed by atoms with Crippen LogP contribution < -0.4 is 9.46 Å². The second kappa shape index (κ2) is 8.02. The van der Waals surface area contributed by atoms with E-state index in [4.69, 9.17) is 4.74 Å². The highest BCUT2D eigenvalue weighted by Gasteiger charge is 2.26. The molecule has 0 unspecified atom stereocenters. The molecule has 0 fully saturated rings. The number of ketones is 1. The summed E-state index contributed by atoms with van der Waals surface area (Å²) in [5.74, 6) is -0.245. The summed E-state index contributed by atoms with van der Waals surface area (Å²) in [5, 5.41) is 12.0. The molecule has 1 aromatic heterocycles. The minimum atomic E-state index is -3.71. The number of carbonyl (C=O) groups excluding carboxylic acids is 1. The predicted octanol–water partition coefficient (Wildman–Crippen LogP) is 2.81. The van der Waals surface area contributed by atoms with Crippen LogP contribution in [0.1, 0.15) is 23.0 Å². The summed E-state index contributed by atoms with van der Waals surface area (Å²) in [5.41, 5.74) is 0.605. The van der Waals surface area contributed by atoms with Crippen LogP contribution in [0.2, 0.25) is 0 Å². The van der Waals surface area contributed by atoms with Crippen molar-refractivity contribution in [1.82, 2.24) is 9.71 Å². The fraction of sp³-hybridized carbons (Fsp3) is 0.211. The van der Waals surface area contributed by atoms with Crippen molar-refractivity contribution in [2.24, 2.45) is 0 Å². The highest BCUT2D eigenvalue weighted by molar-refractivity contribution is 7.89. The molecule has 1 heterocycles. The number of nitro groups is 1. The van der Waals surface area contributed by atoms with E-state index in [9.17, 15) is 23.3 Å². The van der Waals surface area contributed by atoms with Gasteiger partial charge in [-0.25, -0.2) is 13.1 Å². The molecule has 0 amide bonds. The molecule has 9 nitrogen and oxygen atoms in total. The van der Waals surface area contributed by atoms with Gasteiger partial charge in [0.1, 0.15) is 5.52 Å². The van der Waals surface area contributed by atoms with E-state index in [-0.39, 0.29) is 46.3 Å². The smallest absolute Gasteiger partial charge is 0.334 e. The van der Waals surface area contributed by atoms with E-state index in [1.807, 2.05) is 0 Å². The molecule has 29 heavy (non-hydrogen) atoms. The van der Waals surface area contributed by atoms with Crippen LogP contribution in [-0.4, -0.2) is 37.8 Å². The summed E-state index contributed by atoms with van der Waals surface area (Å²) in [7, 11) is -2.38. The molecule has 0 atom stereocenters. The first kappa shape index (κ1) is 20.5. The quantitative estimate of drug-likeness (QED) is 0.329. The molecule has 3 rings (SSSR count). The van der Waals surface area contributed by atoms with E-state index in [1.165, 1.54) is 32.2 Å². The molecule has 0 bridgehead atoms. The van der Waals surface area contributed by atoms with Crippen LogP contribution in [0.4, 0.5) is 5.69 Å². The van der Waals surface area contributed by atoms with Crippen molar-refractivity contribution in [2.75, 3.05) is 13.7 Å². The Morgan fingerprint density at radius 3 is 2.48 bits per heavy atom. The lowest BCUT2D eigenvalue weighted by Gasteiger charge is -2.07. The molecule has 152 valence electrons. The molecule has 0 radical (unpaired) electrons. The first-order valence-electron chi connectivity index (χ1n) is 8.68. The number of carbonyl (C=O) groups is 1. The molecule has 2 N–H and O–H groups in total. The van der Waals surface area contributed by atoms with Gasteiger partial charge in [-0.1, -0.05) is 18.2 Å². The highest BCUT2D eigenvalue weighted by atomic mass is 32.2. The van der Waals surface area contributed by atoms with Gasteiger partial charge in [0.25, 0.3) is 0 Å². The molecular weight excluding hydrogens is 398 g/mol. The Kier molecular flexibility index (Phi) is 5.66. The van der Waals surface area contributed by atoms with E-state index in [1.54, 1.807) is 24.3 Å². The number of hydrogen-bond acceptors (Lipinski definition) is 6. The van der Waals surface area contributed by atoms with Crippen molar-refractivity contribution in [2.45, 2.75) is 18.2 Å². The number of ether oxygens (including phenoxy) is 1. The molecule has 3 aromatic rings. The first-order chi connectivity index (χ1) is 13.8. The van der Waals surface area contributed by atoms with Gasteiger partial charge in [-0.2, -0.15) is 0 Å². The molecular formula is C19H19N3O6S. The summed E-state index contributed by atoms with van der Waals surface area (Å²) in [6, 6.07) is 11.0. The summed E-state index contributed by atoms with van der Waals surface area (Å²) < 4.78 is 32.3. The topological polar surface area (TPSA) is 131 Å². The Labute approximate surface area is 166 Å². The molecule has 0 saturated carbocycles. The van der Waals surface area contributed by atoms with Crippen LogP contribution in [0.25, 0.3) is 10.9 Å². The fourth-order valence-corrected chi connectivity index (χ4v) is 4.24. The van der Waals surface area contributed by atoms with Crippen molar-refractivity contribution in [3.8, 4) is 5.75 Å². The maximum Gasteiger partial charge on any atom is 0.334 e. The van der Waals surface area contributed by atoms with Gasteiger partial charge >= 0.3 is 5.69 Å². The molecule has 0 aliphatic heterocycles. The van der Waals surface area contributed by atoms with Crippen LogP contribution in [-0.2, 0) is 16.4 Å². The third-order valence-electron chi connectivity index (χ3n) is 4.49. The zero-order valence-corrected chi connectivity index (χ0v) is 16.6. The van der Waals surface area contributed by atoms with Gasteiger partial charge in [0.15, 0.2) is 11.5 Å². The summed E-state index contributed by atoms with van der Waals surface area (Å²) >= 11 is 0. The zero-order valence-electron chi connectivity index (χ0n) is 15.8.